The first-order valence-electron chi connectivity index (χ1n) is 5.24. The van der Waals surface area contributed by atoms with Crippen molar-refractivity contribution < 1.29 is 5.11 Å². The molecule has 13 heavy (non-hydrogen) atoms. The Labute approximate surface area is 81.7 Å². The number of rotatable bonds is 8. The van der Waals surface area contributed by atoms with E-state index in [9.17, 15) is 0 Å². The second-order valence-electron chi connectivity index (χ2n) is 3.87. The van der Waals surface area contributed by atoms with Crippen LogP contribution in [0.5, 0.6) is 0 Å². The molecule has 0 aromatic carbocycles. The van der Waals surface area contributed by atoms with Crippen molar-refractivity contribution in [2.75, 3.05) is 19.7 Å². The molecular formula is C10H24N2O. The Bertz CT molecular complexity index is 119. The first kappa shape index (κ1) is 12.9. The normalized spacial score (nSPS) is 15.7. The van der Waals surface area contributed by atoms with Crippen molar-refractivity contribution in [1.29, 1.82) is 0 Å². The Morgan fingerprint density at radius 1 is 1.38 bits per heavy atom. The summed E-state index contributed by atoms with van der Waals surface area (Å²) in [6.07, 6.45) is 4.17. The largest absolute Gasteiger partial charge is 0.396 e. The van der Waals surface area contributed by atoms with Crippen LogP contribution in [0.1, 0.15) is 39.5 Å². The van der Waals surface area contributed by atoms with Gasteiger partial charge in [0, 0.05) is 18.7 Å². The fourth-order valence-corrected chi connectivity index (χ4v) is 1.44. The Balaban J connectivity index is 3.57. The summed E-state index contributed by atoms with van der Waals surface area (Å²) in [4.78, 5) is 0. The van der Waals surface area contributed by atoms with E-state index in [-0.39, 0.29) is 12.1 Å². The summed E-state index contributed by atoms with van der Waals surface area (Å²) in [6.45, 7) is 6.25. The molecule has 3 nitrogen and oxygen atoms in total. The fourth-order valence-electron chi connectivity index (χ4n) is 1.44. The average molecular weight is 188 g/mol. The predicted molar refractivity (Wildman–Crippen MR) is 56.7 cm³/mol. The van der Waals surface area contributed by atoms with Crippen LogP contribution in [-0.4, -0.2) is 30.3 Å². The van der Waals surface area contributed by atoms with E-state index in [1.807, 2.05) is 0 Å². The summed E-state index contributed by atoms with van der Waals surface area (Å²) < 4.78 is 0. The maximum Gasteiger partial charge on any atom is 0.0431 e. The first-order valence-corrected chi connectivity index (χ1v) is 5.24. The Morgan fingerprint density at radius 3 is 2.54 bits per heavy atom. The number of aliphatic hydroxyl groups excluding tert-OH is 1. The van der Waals surface area contributed by atoms with Gasteiger partial charge >= 0.3 is 0 Å². The van der Waals surface area contributed by atoms with E-state index < -0.39 is 0 Å². The maximum atomic E-state index is 8.60. The second kappa shape index (κ2) is 7.30. The zero-order valence-electron chi connectivity index (χ0n) is 8.97. The van der Waals surface area contributed by atoms with E-state index in [0.717, 1.165) is 32.2 Å². The van der Waals surface area contributed by atoms with Crippen LogP contribution in [0.3, 0.4) is 0 Å². The summed E-state index contributed by atoms with van der Waals surface area (Å²) in [6, 6.07) is 0. The minimum Gasteiger partial charge on any atom is -0.396 e. The molecule has 0 saturated carbocycles. The zero-order valence-corrected chi connectivity index (χ0v) is 8.97. The molecule has 4 N–H and O–H groups in total. The van der Waals surface area contributed by atoms with Crippen molar-refractivity contribution in [2.45, 2.75) is 45.1 Å². The molecule has 0 bridgehead atoms. The molecule has 0 spiro atoms. The van der Waals surface area contributed by atoms with Gasteiger partial charge in [0.25, 0.3) is 0 Å². The Morgan fingerprint density at radius 2 is 2.08 bits per heavy atom. The summed E-state index contributed by atoms with van der Waals surface area (Å²) >= 11 is 0. The minimum absolute atomic E-state index is 0.0875. The van der Waals surface area contributed by atoms with Gasteiger partial charge in [0.15, 0.2) is 0 Å². The van der Waals surface area contributed by atoms with Gasteiger partial charge < -0.3 is 16.2 Å². The summed E-state index contributed by atoms with van der Waals surface area (Å²) in [5.41, 5.74) is 5.78. The molecule has 0 aromatic heterocycles. The molecule has 0 saturated heterocycles. The Kier molecular flexibility index (Phi) is 7.23. The third-order valence-electron chi connectivity index (χ3n) is 2.39. The molecule has 0 aromatic rings. The van der Waals surface area contributed by atoms with Crippen molar-refractivity contribution >= 4 is 0 Å². The molecule has 0 radical (unpaired) electrons. The first-order chi connectivity index (χ1) is 6.18. The van der Waals surface area contributed by atoms with Crippen LogP contribution in [0.4, 0.5) is 0 Å². The number of hydrogen-bond donors (Lipinski definition) is 3. The molecule has 0 aliphatic rings. The molecule has 1 atom stereocenters. The third-order valence-corrected chi connectivity index (χ3v) is 2.39. The molecule has 0 amide bonds. The number of nitrogens with one attached hydrogen (secondary N) is 1. The van der Waals surface area contributed by atoms with E-state index in [2.05, 4.69) is 19.2 Å². The lowest BCUT2D eigenvalue weighted by molar-refractivity contribution is 0.275. The van der Waals surface area contributed by atoms with Crippen molar-refractivity contribution in [3.8, 4) is 0 Å². The zero-order chi connectivity index (χ0) is 10.2. The molecule has 0 aliphatic heterocycles. The number of unbranched alkanes of at least 4 members (excludes halogenated alkanes) is 1. The van der Waals surface area contributed by atoms with E-state index in [1.54, 1.807) is 0 Å². The van der Waals surface area contributed by atoms with Crippen LogP contribution in [0.2, 0.25) is 0 Å². The molecular weight excluding hydrogens is 164 g/mol. The van der Waals surface area contributed by atoms with Crippen molar-refractivity contribution in [2.24, 2.45) is 5.73 Å². The molecule has 0 rings (SSSR count). The molecule has 80 valence electrons. The number of hydrogen-bond acceptors (Lipinski definition) is 3. The van der Waals surface area contributed by atoms with E-state index >= 15 is 0 Å². The lowest BCUT2D eigenvalue weighted by Gasteiger charge is -2.29. The molecule has 0 fully saturated rings. The SMILES string of the molecule is CCCC(C)(CN)NCCCCO. The van der Waals surface area contributed by atoms with Crippen molar-refractivity contribution in [1.82, 2.24) is 5.32 Å². The molecule has 0 aliphatic carbocycles. The highest BCUT2D eigenvalue weighted by Gasteiger charge is 2.19. The molecule has 1 unspecified atom stereocenters. The molecule has 0 heterocycles. The van der Waals surface area contributed by atoms with Crippen LogP contribution in [0.25, 0.3) is 0 Å². The monoisotopic (exact) mass is 188 g/mol. The van der Waals surface area contributed by atoms with Gasteiger partial charge in [0.05, 0.1) is 0 Å². The quantitative estimate of drug-likeness (QED) is 0.495. The second-order valence-corrected chi connectivity index (χ2v) is 3.87. The lowest BCUT2D eigenvalue weighted by atomic mass is 9.96. The molecule has 3 heteroatoms. The van der Waals surface area contributed by atoms with Gasteiger partial charge in [-0.05, 0) is 32.7 Å². The van der Waals surface area contributed by atoms with Gasteiger partial charge in [-0.25, -0.2) is 0 Å². The highest BCUT2D eigenvalue weighted by molar-refractivity contribution is 4.83. The van der Waals surface area contributed by atoms with Crippen molar-refractivity contribution in [3.05, 3.63) is 0 Å². The predicted octanol–water partition coefficient (Wildman–Crippen LogP) is 0.866. The number of nitrogens with two attached hydrogens (primary N) is 1. The third kappa shape index (κ3) is 6.02. The van der Waals surface area contributed by atoms with E-state index in [0.29, 0.717) is 6.54 Å². The summed E-state index contributed by atoms with van der Waals surface area (Å²) in [5, 5.41) is 12.0. The standard InChI is InChI=1S/C10H24N2O/c1-3-6-10(2,9-11)12-7-4-5-8-13/h12-13H,3-9,11H2,1-2H3. The van der Waals surface area contributed by atoms with Gasteiger partial charge in [-0.15, -0.1) is 0 Å². The van der Waals surface area contributed by atoms with Gasteiger partial charge in [0.1, 0.15) is 0 Å². The lowest BCUT2D eigenvalue weighted by Crippen LogP contribution is -2.48. The van der Waals surface area contributed by atoms with Crippen LogP contribution < -0.4 is 11.1 Å². The van der Waals surface area contributed by atoms with Gasteiger partial charge in [-0.2, -0.15) is 0 Å². The van der Waals surface area contributed by atoms with Crippen LogP contribution in [0.15, 0.2) is 0 Å². The minimum atomic E-state index is 0.0875. The fraction of sp³-hybridized carbons (Fsp3) is 1.00. The smallest absolute Gasteiger partial charge is 0.0431 e. The van der Waals surface area contributed by atoms with E-state index in [4.69, 9.17) is 10.8 Å². The highest BCUT2D eigenvalue weighted by Crippen LogP contribution is 2.10. The van der Waals surface area contributed by atoms with Crippen LogP contribution in [-0.2, 0) is 0 Å². The van der Waals surface area contributed by atoms with E-state index in [1.165, 1.54) is 0 Å². The van der Waals surface area contributed by atoms with Crippen LogP contribution >= 0.6 is 0 Å². The number of aliphatic hydroxyl groups is 1. The Hall–Kier alpha value is -0.120. The summed E-state index contributed by atoms with van der Waals surface area (Å²) in [5.74, 6) is 0. The van der Waals surface area contributed by atoms with Gasteiger partial charge in [0.2, 0.25) is 0 Å². The topological polar surface area (TPSA) is 58.3 Å². The average Bonchev–Trinajstić information content (AvgIpc) is 2.13. The van der Waals surface area contributed by atoms with Crippen molar-refractivity contribution in [3.63, 3.8) is 0 Å². The maximum absolute atomic E-state index is 8.60. The highest BCUT2D eigenvalue weighted by atomic mass is 16.2. The van der Waals surface area contributed by atoms with Gasteiger partial charge in [-0.3, -0.25) is 0 Å². The van der Waals surface area contributed by atoms with Crippen LogP contribution in [0, 0.1) is 0 Å². The van der Waals surface area contributed by atoms with Gasteiger partial charge in [-0.1, -0.05) is 13.3 Å². The summed E-state index contributed by atoms with van der Waals surface area (Å²) in [7, 11) is 0.